The Morgan fingerprint density at radius 2 is 1.16 bits per heavy atom. The number of rotatable bonds is 5. The number of ether oxygens (including phenoxy) is 2. The number of benzene rings is 4. The van der Waals surface area contributed by atoms with Crippen molar-refractivity contribution in [1.29, 1.82) is 0 Å². The van der Waals surface area contributed by atoms with Crippen molar-refractivity contribution in [2.75, 3.05) is 14.2 Å². The van der Waals surface area contributed by atoms with Gasteiger partial charge in [0.15, 0.2) is 5.75 Å². The minimum atomic E-state index is -5.94. The summed E-state index contributed by atoms with van der Waals surface area (Å²) in [7, 11) is -3.00. The van der Waals surface area contributed by atoms with Crippen LogP contribution in [0.3, 0.4) is 0 Å². The van der Waals surface area contributed by atoms with Gasteiger partial charge in [0.2, 0.25) is 0 Å². The van der Waals surface area contributed by atoms with E-state index in [2.05, 4.69) is 22.6 Å². The van der Waals surface area contributed by atoms with Crippen LogP contribution in [0.15, 0.2) is 36.4 Å². The highest BCUT2D eigenvalue weighted by molar-refractivity contribution is 14.1. The van der Waals surface area contributed by atoms with Crippen molar-refractivity contribution < 1.29 is 35.2 Å². The molecule has 37 heavy (non-hydrogen) atoms. The van der Waals surface area contributed by atoms with Crippen molar-refractivity contribution in [3.8, 4) is 28.4 Å². The summed E-state index contributed by atoms with van der Waals surface area (Å²) in [6, 6.07) is 10.7. The van der Waals surface area contributed by atoms with Crippen LogP contribution in [0.4, 0.5) is 13.2 Å². The van der Waals surface area contributed by atoms with Gasteiger partial charge in [-0.3, -0.25) is 0 Å². The summed E-state index contributed by atoms with van der Waals surface area (Å²) in [4.78, 5) is 0. The van der Waals surface area contributed by atoms with E-state index < -0.39 is 21.4 Å². The van der Waals surface area contributed by atoms with Crippen LogP contribution in [0.25, 0.3) is 32.7 Å². The molecular weight excluding hydrogens is 735 g/mol. The summed E-state index contributed by atoms with van der Waals surface area (Å²) in [5.74, 6) is 0.336. The van der Waals surface area contributed by atoms with Crippen molar-refractivity contribution in [3.05, 3.63) is 60.2 Å². The van der Waals surface area contributed by atoms with Gasteiger partial charge >= 0.3 is 15.6 Å². The Bertz CT molecular complexity index is 1680. The SMILES string of the molecule is COc1cc(I)c2cc(C)cc(C)c2c1-c1c(OC)cc(I)c2cc(C)cc(OS(=O)(=O)C(F)(F)F)c12. The smallest absolute Gasteiger partial charge is 0.496 e. The van der Waals surface area contributed by atoms with Crippen molar-refractivity contribution >= 4 is 76.8 Å². The molecule has 0 amide bonds. The molecule has 0 saturated carbocycles. The molecule has 196 valence electrons. The summed E-state index contributed by atoms with van der Waals surface area (Å²) >= 11 is 4.26. The summed E-state index contributed by atoms with van der Waals surface area (Å²) in [6.45, 7) is 5.57. The lowest BCUT2D eigenvalue weighted by atomic mass is 9.89. The molecule has 0 aromatic heterocycles. The minimum Gasteiger partial charge on any atom is -0.496 e. The molecule has 5 nitrogen and oxygen atoms in total. The topological polar surface area (TPSA) is 61.8 Å². The first-order chi connectivity index (χ1) is 17.2. The number of aryl methyl sites for hydroxylation is 3. The Kier molecular flexibility index (Phi) is 7.54. The standard InChI is InChI=1S/C26H21F3I2O5S/c1-12-6-14(3)22-15(7-12)17(30)10-19(34-4)24(22)25-20(35-5)11-18(31)16-8-13(2)9-21(23(16)25)36-37(32,33)26(27,28)29/h6-11H,1-5H3. The highest BCUT2D eigenvalue weighted by Crippen LogP contribution is 2.51. The van der Waals surface area contributed by atoms with Crippen LogP contribution in [0, 0.1) is 27.9 Å². The summed E-state index contributed by atoms with van der Waals surface area (Å²) < 4.78 is 82.2. The van der Waals surface area contributed by atoms with Crippen molar-refractivity contribution in [3.63, 3.8) is 0 Å². The van der Waals surface area contributed by atoms with Gasteiger partial charge in [-0.25, -0.2) is 0 Å². The van der Waals surface area contributed by atoms with Crippen molar-refractivity contribution in [2.45, 2.75) is 26.3 Å². The maximum atomic E-state index is 13.4. The van der Waals surface area contributed by atoms with Gasteiger partial charge in [-0.1, -0.05) is 23.8 Å². The quantitative estimate of drug-likeness (QED) is 0.117. The van der Waals surface area contributed by atoms with E-state index in [0.717, 1.165) is 25.5 Å². The van der Waals surface area contributed by atoms with Gasteiger partial charge in [-0.15, -0.1) is 0 Å². The Morgan fingerprint density at radius 3 is 1.65 bits per heavy atom. The van der Waals surface area contributed by atoms with Gasteiger partial charge in [0.25, 0.3) is 0 Å². The maximum absolute atomic E-state index is 13.4. The van der Waals surface area contributed by atoms with E-state index >= 15 is 0 Å². The van der Waals surface area contributed by atoms with Crippen molar-refractivity contribution in [2.24, 2.45) is 0 Å². The van der Waals surface area contributed by atoms with Crippen LogP contribution in [0.1, 0.15) is 16.7 Å². The molecule has 0 heterocycles. The third-order valence-corrected chi connectivity index (χ3v) is 8.67. The molecule has 0 atom stereocenters. The highest BCUT2D eigenvalue weighted by atomic mass is 127. The predicted octanol–water partition coefficient (Wildman–Crippen LogP) is 8.04. The Hall–Kier alpha value is -2.00. The first-order valence-electron chi connectivity index (χ1n) is 10.8. The average Bonchev–Trinajstić information content (AvgIpc) is 2.78. The maximum Gasteiger partial charge on any atom is 0.534 e. The van der Waals surface area contributed by atoms with Crippen LogP contribution < -0.4 is 13.7 Å². The normalized spacial score (nSPS) is 12.3. The van der Waals surface area contributed by atoms with Gasteiger partial charge in [-0.05, 0) is 111 Å². The number of fused-ring (bicyclic) bond motifs is 2. The Balaban J connectivity index is 2.29. The van der Waals surface area contributed by atoms with Gasteiger partial charge in [0.05, 0.1) is 14.2 Å². The molecule has 0 aliphatic heterocycles. The molecule has 0 aliphatic carbocycles. The Morgan fingerprint density at radius 1 is 0.703 bits per heavy atom. The average molecular weight is 756 g/mol. The molecule has 0 aliphatic rings. The number of hydrogen-bond donors (Lipinski definition) is 0. The fraction of sp³-hybridized carbons (Fsp3) is 0.231. The predicted molar refractivity (Wildman–Crippen MR) is 155 cm³/mol. The zero-order valence-electron chi connectivity index (χ0n) is 20.3. The molecule has 0 radical (unpaired) electrons. The van der Waals surface area contributed by atoms with E-state index in [-0.39, 0.29) is 5.39 Å². The third kappa shape index (κ3) is 4.93. The molecule has 0 N–H and O–H groups in total. The third-order valence-electron chi connectivity index (χ3n) is 5.92. The second-order valence-corrected chi connectivity index (χ2v) is 12.4. The summed E-state index contributed by atoms with van der Waals surface area (Å²) in [5.41, 5.74) is -2.19. The lowest BCUT2D eigenvalue weighted by Gasteiger charge is -2.22. The largest absolute Gasteiger partial charge is 0.534 e. The second kappa shape index (κ2) is 9.95. The molecule has 4 aromatic carbocycles. The zero-order valence-corrected chi connectivity index (χ0v) is 25.4. The molecule has 4 aromatic rings. The fourth-order valence-electron chi connectivity index (χ4n) is 4.51. The number of halogens is 5. The first kappa shape index (κ1) is 28.0. The van der Waals surface area contributed by atoms with Gasteiger partial charge in [0, 0.05) is 23.7 Å². The number of alkyl halides is 3. The van der Waals surface area contributed by atoms with E-state index in [4.69, 9.17) is 13.7 Å². The molecule has 0 spiro atoms. The van der Waals surface area contributed by atoms with E-state index in [9.17, 15) is 21.6 Å². The van der Waals surface area contributed by atoms with E-state index in [1.807, 2.05) is 54.6 Å². The molecule has 0 bridgehead atoms. The van der Waals surface area contributed by atoms with Crippen LogP contribution in [0.5, 0.6) is 17.2 Å². The van der Waals surface area contributed by atoms with Crippen LogP contribution in [-0.2, 0) is 10.1 Å². The zero-order chi connectivity index (χ0) is 27.4. The molecular formula is C26H21F3I2O5S. The van der Waals surface area contributed by atoms with Crippen molar-refractivity contribution in [1.82, 2.24) is 0 Å². The number of hydrogen-bond acceptors (Lipinski definition) is 5. The Labute approximate surface area is 239 Å². The van der Waals surface area contributed by atoms with E-state index in [1.54, 1.807) is 19.1 Å². The van der Waals surface area contributed by atoms with Gasteiger partial charge < -0.3 is 13.7 Å². The molecule has 0 saturated heterocycles. The summed E-state index contributed by atoms with van der Waals surface area (Å²) in [6.07, 6.45) is 0. The molecule has 4 rings (SSSR count). The lowest BCUT2D eigenvalue weighted by molar-refractivity contribution is -0.0499. The molecule has 0 fully saturated rings. The van der Waals surface area contributed by atoms with Crippen LogP contribution in [-0.4, -0.2) is 28.1 Å². The van der Waals surface area contributed by atoms with E-state index in [1.165, 1.54) is 20.3 Å². The van der Waals surface area contributed by atoms with Gasteiger partial charge in [-0.2, -0.15) is 21.6 Å². The second-order valence-electron chi connectivity index (χ2n) is 8.54. The van der Waals surface area contributed by atoms with E-state index in [0.29, 0.717) is 37.1 Å². The molecule has 11 heteroatoms. The highest BCUT2D eigenvalue weighted by Gasteiger charge is 2.49. The summed E-state index contributed by atoms with van der Waals surface area (Å²) in [5, 5.41) is 2.41. The van der Waals surface area contributed by atoms with Crippen LogP contribution in [0.2, 0.25) is 0 Å². The monoisotopic (exact) mass is 756 g/mol. The molecule has 0 unspecified atom stereocenters. The number of methoxy groups -OCH3 is 2. The van der Waals surface area contributed by atoms with Crippen LogP contribution >= 0.6 is 45.2 Å². The first-order valence-corrected chi connectivity index (χ1v) is 14.4. The van der Waals surface area contributed by atoms with Gasteiger partial charge in [0.1, 0.15) is 11.5 Å². The lowest BCUT2D eigenvalue weighted by Crippen LogP contribution is -2.28. The minimum absolute atomic E-state index is 0.169. The fourth-order valence-corrected chi connectivity index (χ4v) is 6.39.